The summed E-state index contributed by atoms with van der Waals surface area (Å²) in [6, 6.07) is 0. The fourth-order valence-electron chi connectivity index (χ4n) is 0.649. The summed E-state index contributed by atoms with van der Waals surface area (Å²) in [5.74, 6) is -0.413. The van der Waals surface area contributed by atoms with Crippen LogP contribution in [-0.4, -0.2) is 28.1 Å². The Labute approximate surface area is 81.2 Å². The van der Waals surface area contributed by atoms with Crippen molar-refractivity contribution < 1.29 is 14.6 Å². The summed E-state index contributed by atoms with van der Waals surface area (Å²) in [6.45, 7) is 5.48. The molecule has 2 atom stereocenters. The highest BCUT2D eigenvalue weighted by atomic mass is 79.9. The van der Waals surface area contributed by atoms with Crippen LogP contribution in [0.4, 0.5) is 0 Å². The molecule has 0 amide bonds. The van der Waals surface area contributed by atoms with Crippen LogP contribution < -0.4 is 0 Å². The lowest BCUT2D eigenvalue weighted by Crippen LogP contribution is -2.40. The van der Waals surface area contributed by atoms with Crippen LogP contribution in [0.25, 0.3) is 0 Å². The lowest BCUT2D eigenvalue weighted by Gasteiger charge is -2.25. The Kier molecular flexibility index (Phi) is 4.78. The summed E-state index contributed by atoms with van der Waals surface area (Å²) in [5.41, 5.74) is -1.04. The fourth-order valence-corrected chi connectivity index (χ4v) is 1.10. The van der Waals surface area contributed by atoms with Crippen LogP contribution in [0.2, 0.25) is 0 Å². The summed E-state index contributed by atoms with van der Waals surface area (Å²) in [6.07, 6.45) is 0.502. The molecule has 0 heterocycles. The normalized spacial score (nSPS) is 18.1. The van der Waals surface area contributed by atoms with Crippen molar-refractivity contribution in [3.8, 4) is 0 Å². The third-order valence-electron chi connectivity index (χ3n) is 1.76. The van der Waals surface area contributed by atoms with Gasteiger partial charge in [-0.3, -0.25) is 4.79 Å². The molecule has 3 nitrogen and oxygen atoms in total. The van der Waals surface area contributed by atoms with Crippen LogP contribution in [0.1, 0.15) is 27.2 Å². The molecule has 0 rings (SSSR count). The monoisotopic (exact) mass is 238 g/mol. The maximum Gasteiger partial charge on any atom is 0.322 e. The van der Waals surface area contributed by atoms with Crippen LogP contribution >= 0.6 is 15.9 Å². The van der Waals surface area contributed by atoms with E-state index in [1.54, 1.807) is 13.8 Å². The van der Waals surface area contributed by atoms with Crippen molar-refractivity contribution in [1.82, 2.24) is 0 Å². The highest BCUT2D eigenvalue weighted by Gasteiger charge is 2.34. The predicted octanol–water partition coefficient (Wildman–Crippen LogP) is 1.47. The summed E-state index contributed by atoms with van der Waals surface area (Å²) in [4.78, 5) is 10.5. The second-order valence-electron chi connectivity index (χ2n) is 2.83. The molecule has 0 bridgehead atoms. The van der Waals surface area contributed by atoms with Gasteiger partial charge in [0.25, 0.3) is 0 Å². The van der Waals surface area contributed by atoms with Crippen LogP contribution in [0, 0.1) is 0 Å². The van der Waals surface area contributed by atoms with Gasteiger partial charge in [0.1, 0.15) is 4.83 Å². The molecule has 1 N–H and O–H groups in total. The van der Waals surface area contributed by atoms with Crippen LogP contribution in [0.15, 0.2) is 0 Å². The topological polar surface area (TPSA) is 46.5 Å². The Hall–Kier alpha value is -0.0900. The van der Waals surface area contributed by atoms with Crippen LogP contribution in [0.5, 0.6) is 0 Å². The van der Waals surface area contributed by atoms with E-state index < -0.39 is 16.4 Å². The number of halogens is 1. The zero-order valence-corrected chi connectivity index (χ0v) is 9.22. The van der Waals surface area contributed by atoms with Gasteiger partial charge in [0, 0.05) is 0 Å². The molecular formula is C8H15BrO3. The second kappa shape index (κ2) is 4.82. The first-order valence-corrected chi connectivity index (χ1v) is 4.90. The molecule has 0 aliphatic carbocycles. The van der Waals surface area contributed by atoms with E-state index in [-0.39, 0.29) is 0 Å². The van der Waals surface area contributed by atoms with Crippen LogP contribution in [-0.2, 0) is 9.53 Å². The number of carbonyl (C=O) groups excluding carboxylic acids is 1. The number of hydrogen-bond donors (Lipinski definition) is 1. The molecule has 0 aromatic rings. The highest BCUT2D eigenvalue weighted by Crippen LogP contribution is 2.22. The SMILES string of the molecule is CCOC(=O)[C@H](Br)[C@@](C)(O)CC. The van der Waals surface area contributed by atoms with E-state index in [0.29, 0.717) is 13.0 Å². The number of carbonyl (C=O) groups is 1. The minimum atomic E-state index is -1.04. The number of aliphatic hydroxyl groups is 1. The molecule has 0 aromatic heterocycles. The minimum Gasteiger partial charge on any atom is -0.465 e. The number of esters is 1. The summed E-state index contributed by atoms with van der Waals surface area (Å²) in [7, 11) is 0. The van der Waals surface area contributed by atoms with E-state index in [1.807, 2.05) is 6.92 Å². The van der Waals surface area contributed by atoms with E-state index in [4.69, 9.17) is 4.74 Å². The molecule has 0 aromatic carbocycles. The third-order valence-corrected chi connectivity index (χ3v) is 3.12. The Morgan fingerprint density at radius 2 is 2.17 bits per heavy atom. The van der Waals surface area contributed by atoms with Crippen molar-refractivity contribution in [1.29, 1.82) is 0 Å². The summed E-state index contributed by atoms with van der Waals surface area (Å²) >= 11 is 3.10. The highest BCUT2D eigenvalue weighted by molar-refractivity contribution is 9.10. The smallest absolute Gasteiger partial charge is 0.322 e. The van der Waals surface area contributed by atoms with E-state index in [1.165, 1.54) is 0 Å². The zero-order chi connectivity index (χ0) is 9.78. The molecule has 0 spiro atoms. The first-order valence-electron chi connectivity index (χ1n) is 3.98. The predicted molar refractivity (Wildman–Crippen MR) is 50.3 cm³/mol. The average molecular weight is 239 g/mol. The van der Waals surface area contributed by atoms with Crippen molar-refractivity contribution >= 4 is 21.9 Å². The van der Waals surface area contributed by atoms with Crippen molar-refractivity contribution in [3.63, 3.8) is 0 Å². The van der Waals surface area contributed by atoms with Crippen LogP contribution in [0.3, 0.4) is 0 Å². The van der Waals surface area contributed by atoms with Crippen molar-refractivity contribution in [2.45, 2.75) is 37.6 Å². The van der Waals surface area contributed by atoms with Gasteiger partial charge in [0.2, 0.25) is 0 Å². The number of ether oxygens (including phenoxy) is 1. The van der Waals surface area contributed by atoms with Gasteiger partial charge in [0.15, 0.2) is 0 Å². The standard InChI is InChI=1S/C8H15BrO3/c1-4-8(3,11)6(9)7(10)12-5-2/h6,11H,4-5H2,1-3H3/t6-,8-/m0/s1. The largest absolute Gasteiger partial charge is 0.465 e. The van der Waals surface area contributed by atoms with Gasteiger partial charge in [-0.25, -0.2) is 0 Å². The van der Waals surface area contributed by atoms with Gasteiger partial charge in [-0.05, 0) is 20.3 Å². The quantitative estimate of drug-likeness (QED) is 0.597. The molecule has 0 saturated heterocycles. The first-order chi connectivity index (χ1) is 5.45. The third kappa shape index (κ3) is 3.11. The van der Waals surface area contributed by atoms with E-state index in [0.717, 1.165) is 0 Å². The fraction of sp³-hybridized carbons (Fsp3) is 0.875. The lowest BCUT2D eigenvalue weighted by molar-refractivity contribution is -0.146. The van der Waals surface area contributed by atoms with Gasteiger partial charge in [-0.2, -0.15) is 0 Å². The van der Waals surface area contributed by atoms with Gasteiger partial charge in [-0.15, -0.1) is 0 Å². The molecule has 0 saturated carbocycles. The maximum absolute atomic E-state index is 11.1. The molecule has 0 radical (unpaired) electrons. The number of hydrogen-bond acceptors (Lipinski definition) is 3. The Bertz CT molecular complexity index is 156. The average Bonchev–Trinajstić information content (AvgIpc) is 2.03. The summed E-state index contributed by atoms with van der Waals surface area (Å²) < 4.78 is 4.75. The molecule has 4 heteroatoms. The molecular weight excluding hydrogens is 224 g/mol. The zero-order valence-electron chi connectivity index (χ0n) is 7.63. The first kappa shape index (κ1) is 11.9. The Morgan fingerprint density at radius 1 is 1.67 bits per heavy atom. The molecule has 0 aliphatic rings. The van der Waals surface area contributed by atoms with Gasteiger partial charge >= 0.3 is 5.97 Å². The van der Waals surface area contributed by atoms with Gasteiger partial charge < -0.3 is 9.84 Å². The van der Waals surface area contributed by atoms with E-state index in [9.17, 15) is 9.90 Å². The van der Waals surface area contributed by atoms with Crippen molar-refractivity contribution in [2.24, 2.45) is 0 Å². The second-order valence-corrected chi connectivity index (χ2v) is 3.74. The Morgan fingerprint density at radius 3 is 2.50 bits per heavy atom. The number of alkyl halides is 1. The maximum atomic E-state index is 11.1. The molecule has 0 unspecified atom stereocenters. The lowest BCUT2D eigenvalue weighted by atomic mass is 9.99. The molecule has 72 valence electrons. The molecule has 0 fully saturated rings. The number of rotatable bonds is 4. The molecule has 12 heavy (non-hydrogen) atoms. The Balaban J connectivity index is 4.17. The summed E-state index contributed by atoms with van der Waals surface area (Å²) in [5, 5.41) is 9.64. The van der Waals surface area contributed by atoms with E-state index in [2.05, 4.69) is 15.9 Å². The van der Waals surface area contributed by atoms with Crippen molar-refractivity contribution in [3.05, 3.63) is 0 Å². The van der Waals surface area contributed by atoms with Gasteiger partial charge in [-0.1, -0.05) is 22.9 Å². The van der Waals surface area contributed by atoms with Gasteiger partial charge in [0.05, 0.1) is 12.2 Å². The van der Waals surface area contributed by atoms with Crippen molar-refractivity contribution in [2.75, 3.05) is 6.61 Å². The van der Waals surface area contributed by atoms with E-state index >= 15 is 0 Å². The minimum absolute atomic E-state index is 0.334. The molecule has 0 aliphatic heterocycles.